The third kappa shape index (κ3) is 3.96. The monoisotopic (exact) mass is 249 g/mol. The largest absolute Gasteiger partial charge is 0.491 e. The molecule has 0 amide bonds. The van der Waals surface area contributed by atoms with Crippen molar-refractivity contribution in [3.63, 3.8) is 0 Å². The third-order valence-corrected chi connectivity index (χ3v) is 2.97. The first-order valence-electron chi connectivity index (χ1n) is 5.87. The maximum atomic E-state index is 6.13. The van der Waals surface area contributed by atoms with E-state index in [0.29, 0.717) is 29.8 Å². The molecule has 1 saturated carbocycles. The molecule has 1 fully saturated rings. The maximum absolute atomic E-state index is 6.13. The molecule has 0 atom stereocenters. The van der Waals surface area contributed by atoms with Gasteiger partial charge in [0, 0.05) is 19.0 Å². The zero-order valence-corrected chi connectivity index (χ0v) is 10.5. The zero-order chi connectivity index (χ0) is 12.1. The van der Waals surface area contributed by atoms with E-state index in [9.17, 15) is 0 Å². The molecule has 0 aromatic heterocycles. The third-order valence-electron chi connectivity index (χ3n) is 2.67. The Balaban J connectivity index is 1.88. The molecule has 17 heavy (non-hydrogen) atoms. The minimum Gasteiger partial charge on any atom is -0.491 e. The van der Waals surface area contributed by atoms with E-state index >= 15 is 0 Å². The predicted molar refractivity (Wildman–Crippen MR) is 70.3 cm³/mol. The summed E-state index contributed by atoms with van der Waals surface area (Å²) in [5.74, 6) is 3.24. The summed E-state index contributed by atoms with van der Waals surface area (Å²) in [5, 5.41) is 4.10. The first-order chi connectivity index (χ1) is 8.29. The van der Waals surface area contributed by atoms with Gasteiger partial charge in [-0.05, 0) is 30.5 Å². The van der Waals surface area contributed by atoms with Crippen molar-refractivity contribution in [3.8, 4) is 18.1 Å². The van der Waals surface area contributed by atoms with Gasteiger partial charge in [0.15, 0.2) is 0 Å². The summed E-state index contributed by atoms with van der Waals surface area (Å²) >= 11 is 6.13. The van der Waals surface area contributed by atoms with E-state index in [1.54, 1.807) is 0 Å². The van der Waals surface area contributed by atoms with E-state index in [1.807, 2.05) is 18.2 Å². The zero-order valence-electron chi connectivity index (χ0n) is 9.71. The minimum absolute atomic E-state index is 0.510. The highest BCUT2D eigenvalue weighted by atomic mass is 35.5. The van der Waals surface area contributed by atoms with Crippen LogP contribution in [0.25, 0.3) is 0 Å². The van der Waals surface area contributed by atoms with Crippen LogP contribution in [-0.4, -0.2) is 12.6 Å². The van der Waals surface area contributed by atoms with Crippen LogP contribution in [0.2, 0.25) is 5.02 Å². The second-order valence-corrected chi connectivity index (χ2v) is 4.63. The standard InChI is InChI=1S/C14H16ClNO/c1-2-3-8-17-14-7-4-11(9-13(14)15)10-16-12-5-6-12/h1,4,7,9,12,16H,3,5-6,8,10H2. The molecule has 1 aromatic carbocycles. The second-order valence-electron chi connectivity index (χ2n) is 4.22. The van der Waals surface area contributed by atoms with E-state index in [4.69, 9.17) is 22.8 Å². The number of hydrogen-bond acceptors (Lipinski definition) is 2. The molecule has 90 valence electrons. The van der Waals surface area contributed by atoms with Crippen molar-refractivity contribution in [2.45, 2.75) is 31.8 Å². The fourth-order valence-corrected chi connectivity index (χ4v) is 1.80. The van der Waals surface area contributed by atoms with Crippen molar-refractivity contribution in [1.29, 1.82) is 0 Å². The second kappa shape index (κ2) is 5.95. The normalized spacial score (nSPS) is 14.4. The fourth-order valence-electron chi connectivity index (χ4n) is 1.54. The Labute approximate surface area is 107 Å². The maximum Gasteiger partial charge on any atom is 0.137 e. The van der Waals surface area contributed by atoms with Gasteiger partial charge in [0.1, 0.15) is 5.75 Å². The van der Waals surface area contributed by atoms with Crippen LogP contribution in [0.5, 0.6) is 5.75 Å². The average molecular weight is 250 g/mol. The molecular formula is C14H16ClNO. The summed E-state index contributed by atoms with van der Waals surface area (Å²) in [6.07, 6.45) is 8.34. The molecule has 1 aliphatic carbocycles. The molecule has 1 aromatic rings. The topological polar surface area (TPSA) is 21.3 Å². The fraction of sp³-hybridized carbons (Fsp3) is 0.429. The Morgan fingerprint density at radius 2 is 2.29 bits per heavy atom. The molecule has 0 heterocycles. The number of rotatable bonds is 6. The lowest BCUT2D eigenvalue weighted by Gasteiger charge is -2.09. The number of nitrogens with one attached hydrogen (secondary N) is 1. The Morgan fingerprint density at radius 3 is 2.94 bits per heavy atom. The van der Waals surface area contributed by atoms with Crippen molar-refractivity contribution in [1.82, 2.24) is 5.32 Å². The number of hydrogen-bond donors (Lipinski definition) is 1. The van der Waals surface area contributed by atoms with E-state index < -0.39 is 0 Å². The van der Waals surface area contributed by atoms with Crippen LogP contribution in [-0.2, 0) is 6.54 Å². The summed E-state index contributed by atoms with van der Waals surface area (Å²) in [7, 11) is 0. The van der Waals surface area contributed by atoms with Crippen molar-refractivity contribution < 1.29 is 4.74 Å². The lowest BCUT2D eigenvalue weighted by molar-refractivity contribution is 0.327. The van der Waals surface area contributed by atoms with Crippen molar-refractivity contribution >= 4 is 11.6 Å². The predicted octanol–water partition coefficient (Wildman–Crippen LogP) is 2.99. The summed E-state index contributed by atoms with van der Waals surface area (Å²) in [5.41, 5.74) is 1.19. The van der Waals surface area contributed by atoms with Gasteiger partial charge in [-0.25, -0.2) is 0 Å². The van der Waals surface area contributed by atoms with Crippen LogP contribution in [0.15, 0.2) is 18.2 Å². The molecule has 0 bridgehead atoms. The van der Waals surface area contributed by atoms with Gasteiger partial charge in [0.25, 0.3) is 0 Å². The van der Waals surface area contributed by atoms with Gasteiger partial charge in [0.05, 0.1) is 11.6 Å². The van der Waals surface area contributed by atoms with Gasteiger partial charge in [-0.1, -0.05) is 17.7 Å². The Bertz CT molecular complexity index is 421. The van der Waals surface area contributed by atoms with Crippen LogP contribution in [0.1, 0.15) is 24.8 Å². The molecule has 0 saturated heterocycles. The first-order valence-corrected chi connectivity index (χ1v) is 6.25. The number of terminal acetylenes is 1. The molecular weight excluding hydrogens is 234 g/mol. The van der Waals surface area contributed by atoms with Crippen molar-refractivity contribution in [3.05, 3.63) is 28.8 Å². The molecule has 0 aliphatic heterocycles. The van der Waals surface area contributed by atoms with E-state index in [0.717, 1.165) is 6.54 Å². The summed E-state index contributed by atoms with van der Waals surface area (Å²) in [6.45, 7) is 1.38. The molecule has 0 unspecified atom stereocenters. The molecule has 1 N–H and O–H groups in total. The summed E-state index contributed by atoms with van der Waals surface area (Å²) in [4.78, 5) is 0. The molecule has 0 radical (unpaired) electrons. The Morgan fingerprint density at radius 1 is 1.47 bits per heavy atom. The Hall–Kier alpha value is -1.17. The molecule has 1 aliphatic rings. The Kier molecular flexibility index (Phi) is 4.30. The van der Waals surface area contributed by atoms with Crippen molar-refractivity contribution in [2.24, 2.45) is 0 Å². The van der Waals surface area contributed by atoms with Gasteiger partial charge < -0.3 is 10.1 Å². The van der Waals surface area contributed by atoms with Gasteiger partial charge in [0.2, 0.25) is 0 Å². The van der Waals surface area contributed by atoms with Crippen LogP contribution in [0.3, 0.4) is 0 Å². The van der Waals surface area contributed by atoms with Crippen molar-refractivity contribution in [2.75, 3.05) is 6.61 Å². The average Bonchev–Trinajstić information content (AvgIpc) is 3.13. The van der Waals surface area contributed by atoms with Gasteiger partial charge in [-0.3, -0.25) is 0 Å². The lowest BCUT2D eigenvalue weighted by atomic mass is 10.2. The van der Waals surface area contributed by atoms with E-state index in [2.05, 4.69) is 11.2 Å². The van der Waals surface area contributed by atoms with Crippen LogP contribution < -0.4 is 10.1 Å². The number of ether oxygens (including phenoxy) is 1. The molecule has 2 rings (SSSR count). The van der Waals surface area contributed by atoms with Crippen LogP contribution >= 0.6 is 11.6 Å². The summed E-state index contributed by atoms with van der Waals surface area (Å²) in [6, 6.07) is 6.59. The van der Waals surface area contributed by atoms with Crippen LogP contribution in [0.4, 0.5) is 0 Å². The quantitative estimate of drug-likeness (QED) is 0.618. The molecule has 2 nitrogen and oxygen atoms in total. The molecule has 0 spiro atoms. The smallest absolute Gasteiger partial charge is 0.137 e. The molecule has 3 heteroatoms. The highest BCUT2D eigenvalue weighted by Crippen LogP contribution is 2.26. The van der Waals surface area contributed by atoms with E-state index in [1.165, 1.54) is 18.4 Å². The SMILES string of the molecule is C#CCCOc1ccc(CNC2CC2)cc1Cl. The highest BCUT2D eigenvalue weighted by molar-refractivity contribution is 6.32. The first kappa shape index (κ1) is 12.3. The minimum atomic E-state index is 0.510. The highest BCUT2D eigenvalue weighted by Gasteiger charge is 2.19. The number of benzene rings is 1. The number of halogens is 1. The van der Waals surface area contributed by atoms with E-state index in [-0.39, 0.29) is 0 Å². The summed E-state index contributed by atoms with van der Waals surface area (Å²) < 4.78 is 5.48. The van der Waals surface area contributed by atoms with Gasteiger partial charge >= 0.3 is 0 Å². The van der Waals surface area contributed by atoms with Crippen LogP contribution in [0, 0.1) is 12.3 Å². The van der Waals surface area contributed by atoms with Gasteiger partial charge in [-0.2, -0.15) is 0 Å². The van der Waals surface area contributed by atoms with Gasteiger partial charge in [-0.15, -0.1) is 12.3 Å². The lowest BCUT2D eigenvalue weighted by Crippen LogP contribution is -2.15.